The van der Waals surface area contributed by atoms with Crippen LogP contribution in [0, 0.1) is 28.5 Å². The first-order valence-electron chi connectivity index (χ1n) is 8.36. The maximum atomic E-state index is 13.2. The van der Waals surface area contributed by atoms with Crippen molar-refractivity contribution in [1.29, 1.82) is 5.26 Å². The summed E-state index contributed by atoms with van der Waals surface area (Å²) in [7, 11) is 0. The van der Waals surface area contributed by atoms with E-state index in [4.69, 9.17) is 0 Å². The van der Waals surface area contributed by atoms with Gasteiger partial charge in [0.25, 0.3) is 0 Å². The van der Waals surface area contributed by atoms with Gasteiger partial charge in [0.2, 0.25) is 5.91 Å². The number of amides is 1. The van der Waals surface area contributed by atoms with Gasteiger partial charge in [0.15, 0.2) is 0 Å². The van der Waals surface area contributed by atoms with Gasteiger partial charge in [-0.3, -0.25) is 4.79 Å². The van der Waals surface area contributed by atoms with Gasteiger partial charge in [-0.1, -0.05) is 20.8 Å². The van der Waals surface area contributed by atoms with E-state index in [2.05, 4.69) is 32.2 Å². The van der Waals surface area contributed by atoms with Crippen molar-refractivity contribution in [3.8, 4) is 6.07 Å². The van der Waals surface area contributed by atoms with Gasteiger partial charge in [0.1, 0.15) is 11.4 Å². The molecule has 0 bridgehead atoms. The zero-order valence-electron chi connectivity index (χ0n) is 14.9. The quantitative estimate of drug-likeness (QED) is 0.868. The normalized spacial score (nSPS) is 16.8. The van der Waals surface area contributed by atoms with Crippen LogP contribution in [0.5, 0.6) is 0 Å². The number of hydrogen-bond donors (Lipinski definition) is 1. The molecule has 0 aromatic heterocycles. The van der Waals surface area contributed by atoms with Gasteiger partial charge in [-0.15, -0.1) is 0 Å². The molecule has 5 heteroatoms. The highest BCUT2D eigenvalue weighted by Crippen LogP contribution is 2.39. The van der Waals surface area contributed by atoms with E-state index in [0.29, 0.717) is 6.54 Å². The van der Waals surface area contributed by atoms with Gasteiger partial charge < -0.3 is 10.2 Å². The number of carbonyl (C=O) groups excluding carboxylic acids is 1. The molecule has 1 aliphatic rings. The molecule has 0 saturated heterocycles. The van der Waals surface area contributed by atoms with Crippen molar-refractivity contribution in [3.63, 3.8) is 0 Å². The molecule has 0 unspecified atom stereocenters. The average Bonchev–Trinajstić information content (AvgIpc) is 3.30. The van der Waals surface area contributed by atoms with Gasteiger partial charge in [-0.25, -0.2) is 4.39 Å². The maximum Gasteiger partial charge on any atom is 0.240 e. The Kier molecular flexibility index (Phi) is 5.17. The Balaban J connectivity index is 2.11. The summed E-state index contributed by atoms with van der Waals surface area (Å²) in [4.78, 5) is 14.4. The minimum Gasteiger partial charge on any atom is -0.362 e. The first-order valence-corrected chi connectivity index (χ1v) is 8.36. The van der Waals surface area contributed by atoms with Crippen molar-refractivity contribution in [3.05, 3.63) is 30.1 Å². The molecule has 1 N–H and O–H groups in total. The number of nitrogens with zero attached hydrogens (tertiary/aromatic N) is 2. The average molecular weight is 331 g/mol. The second kappa shape index (κ2) is 6.80. The van der Waals surface area contributed by atoms with E-state index in [-0.39, 0.29) is 29.6 Å². The zero-order valence-corrected chi connectivity index (χ0v) is 14.9. The molecule has 1 saturated carbocycles. The minimum absolute atomic E-state index is 0.0241. The third-order valence-corrected chi connectivity index (χ3v) is 4.22. The van der Waals surface area contributed by atoms with Crippen LogP contribution in [0.25, 0.3) is 0 Å². The van der Waals surface area contributed by atoms with Crippen LogP contribution in [0.2, 0.25) is 0 Å². The highest BCUT2D eigenvalue weighted by atomic mass is 19.1. The summed E-state index contributed by atoms with van der Waals surface area (Å²) in [5, 5.41) is 12.3. The van der Waals surface area contributed by atoms with Gasteiger partial charge in [0, 0.05) is 12.2 Å². The van der Waals surface area contributed by atoms with E-state index >= 15 is 0 Å². The fourth-order valence-electron chi connectivity index (χ4n) is 2.85. The molecular weight excluding hydrogens is 305 g/mol. The zero-order chi connectivity index (χ0) is 18.0. The summed E-state index contributed by atoms with van der Waals surface area (Å²) < 4.78 is 13.2. The summed E-state index contributed by atoms with van der Waals surface area (Å²) in [6.07, 6.45) is 1.96. The van der Waals surface area contributed by atoms with Crippen molar-refractivity contribution >= 4 is 11.6 Å². The number of nitriles is 1. The third-order valence-electron chi connectivity index (χ3n) is 4.22. The number of carbonyl (C=O) groups is 1. The number of anilines is 1. The Hall–Kier alpha value is -2.09. The molecule has 0 heterocycles. The lowest BCUT2D eigenvalue weighted by molar-refractivity contribution is -0.121. The Morgan fingerprint density at radius 3 is 2.33 bits per heavy atom. The maximum absolute atomic E-state index is 13.2. The van der Waals surface area contributed by atoms with Crippen molar-refractivity contribution in [2.45, 2.75) is 46.1 Å². The minimum atomic E-state index is -0.798. The van der Waals surface area contributed by atoms with Gasteiger partial charge in [-0.05, 0) is 55.4 Å². The molecule has 1 aromatic carbocycles. The summed E-state index contributed by atoms with van der Waals surface area (Å²) in [6, 6.07) is 8.39. The van der Waals surface area contributed by atoms with E-state index in [1.807, 2.05) is 4.90 Å². The van der Waals surface area contributed by atoms with Crippen LogP contribution in [0.1, 0.15) is 40.5 Å². The van der Waals surface area contributed by atoms with Crippen LogP contribution in [-0.2, 0) is 4.79 Å². The molecular formula is C19H26FN3O. The number of benzene rings is 1. The molecule has 0 spiro atoms. The molecule has 1 fully saturated rings. The van der Waals surface area contributed by atoms with Crippen LogP contribution < -0.4 is 10.2 Å². The molecule has 0 aliphatic heterocycles. The number of halogens is 1. The van der Waals surface area contributed by atoms with Gasteiger partial charge >= 0.3 is 0 Å². The lowest BCUT2D eigenvalue weighted by atomic mass is 9.95. The lowest BCUT2D eigenvalue weighted by Gasteiger charge is -2.32. The molecule has 1 aromatic rings. The van der Waals surface area contributed by atoms with Crippen LogP contribution in [0.3, 0.4) is 0 Å². The Labute approximate surface area is 143 Å². The Morgan fingerprint density at radius 1 is 1.29 bits per heavy atom. The largest absolute Gasteiger partial charge is 0.362 e. The monoisotopic (exact) mass is 331 g/mol. The molecule has 130 valence electrons. The fourth-order valence-corrected chi connectivity index (χ4v) is 2.85. The van der Waals surface area contributed by atoms with E-state index in [1.54, 1.807) is 19.1 Å². The van der Waals surface area contributed by atoms with E-state index in [1.165, 1.54) is 12.1 Å². The number of nitrogens with one attached hydrogen (secondary N) is 1. The molecule has 1 amide bonds. The lowest BCUT2D eigenvalue weighted by Crippen LogP contribution is -2.51. The first-order chi connectivity index (χ1) is 11.1. The molecule has 2 rings (SSSR count). The summed E-state index contributed by atoms with van der Waals surface area (Å²) in [6.45, 7) is 8.85. The highest BCUT2D eigenvalue weighted by Gasteiger charge is 2.43. The van der Waals surface area contributed by atoms with Crippen molar-refractivity contribution in [1.82, 2.24) is 5.32 Å². The Bertz CT molecular complexity index is 625. The van der Waals surface area contributed by atoms with Crippen molar-refractivity contribution < 1.29 is 9.18 Å². The molecule has 1 aliphatic carbocycles. The Morgan fingerprint density at radius 2 is 1.88 bits per heavy atom. The predicted molar refractivity (Wildman–Crippen MR) is 93.0 cm³/mol. The van der Waals surface area contributed by atoms with Crippen molar-refractivity contribution in [2.75, 3.05) is 18.0 Å². The standard InChI is InChI=1S/C19H26FN3O/c1-18(2,3)13-23(16-9-7-15(20)8-10-16)11-17(24)22-19(4,12-21)14-5-6-14/h7-10,14H,5-6,11,13H2,1-4H3,(H,22,24)/t19-/m0/s1. The van der Waals surface area contributed by atoms with Gasteiger partial charge in [0.05, 0.1) is 12.6 Å². The molecule has 24 heavy (non-hydrogen) atoms. The van der Waals surface area contributed by atoms with E-state index < -0.39 is 5.54 Å². The molecule has 4 nitrogen and oxygen atoms in total. The van der Waals surface area contributed by atoms with Crippen LogP contribution >= 0.6 is 0 Å². The highest BCUT2D eigenvalue weighted by molar-refractivity contribution is 5.82. The summed E-state index contributed by atoms with van der Waals surface area (Å²) in [5.41, 5.74) is -0.0247. The molecule has 1 atom stereocenters. The number of hydrogen-bond acceptors (Lipinski definition) is 3. The summed E-state index contributed by atoms with van der Waals surface area (Å²) >= 11 is 0. The second-order valence-corrected chi connectivity index (χ2v) is 8.03. The summed E-state index contributed by atoms with van der Waals surface area (Å²) in [5.74, 6) is -0.238. The van der Waals surface area contributed by atoms with E-state index in [0.717, 1.165) is 18.5 Å². The van der Waals surface area contributed by atoms with Crippen LogP contribution in [0.15, 0.2) is 24.3 Å². The topological polar surface area (TPSA) is 56.1 Å². The smallest absolute Gasteiger partial charge is 0.240 e. The SMILES string of the molecule is CC(C)(C)CN(CC(=O)N[C@@](C)(C#N)C1CC1)c1ccc(F)cc1. The fraction of sp³-hybridized carbons (Fsp3) is 0.579. The van der Waals surface area contributed by atoms with Gasteiger partial charge in [-0.2, -0.15) is 5.26 Å². The van der Waals surface area contributed by atoms with Crippen LogP contribution in [0.4, 0.5) is 10.1 Å². The second-order valence-electron chi connectivity index (χ2n) is 8.03. The van der Waals surface area contributed by atoms with Crippen molar-refractivity contribution in [2.24, 2.45) is 11.3 Å². The predicted octanol–water partition coefficient (Wildman–Crippen LogP) is 3.49. The third kappa shape index (κ3) is 4.95. The number of rotatable bonds is 6. The van der Waals surface area contributed by atoms with E-state index in [9.17, 15) is 14.4 Å². The first kappa shape index (κ1) is 18.3. The van der Waals surface area contributed by atoms with Crippen LogP contribution in [-0.4, -0.2) is 24.5 Å². The molecule has 0 radical (unpaired) electrons.